The third-order valence-electron chi connectivity index (χ3n) is 3.97. The van der Waals surface area contributed by atoms with Crippen LogP contribution >= 0.6 is 11.8 Å². The summed E-state index contributed by atoms with van der Waals surface area (Å²) in [4.78, 5) is 35.5. The summed E-state index contributed by atoms with van der Waals surface area (Å²) in [5.41, 5.74) is 0.994. The first-order chi connectivity index (χ1) is 13.9. The summed E-state index contributed by atoms with van der Waals surface area (Å²) in [6, 6.07) is 17.7. The monoisotopic (exact) mass is 410 g/mol. The zero-order valence-corrected chi connectivity index (χ0v) is 15.8. The number of nitrogens with zero attached hydrogens (tertiary/aromatic N) is 1. The number of Topliss-reactive ketones (excluding diaryl/α,β-unsaturated/α-hetero) is 1. The van der Waals surface area contributed by atoms with E-state index in [0.29, 0.717) is 11.3 Å². The molecular weight excluding hydrogens is 395 g/mol. The number of ketones is 1. The van der Waals surface area contributed by atoms with Gasteiger partial charge in [0.25, 0.3) is 11.6 Å². The van der Waals surface area contributed by atoms with Gasteiger partial charge in [0.1, 0.15) is 5.82 Å². The van der Waals surface area contributed by atoms with Gasteiger partial charge < -0.3 is 5.32 Å². The number of hydrogen-bond donors (Lipinski definition) is 1. The Morgan fingerprint density at radius 1 is 0.966 bits per heavy atom. The highest BCUT2D eigenvalue weighted by atomic mass is 32.2. The van der Waals surface area contributed by atoms with Gasteiger partial charge in [0.2, 0.25) is 0 Å². The number of non-ortho nitro benzene ring substituents is 1. The lowest BCUT2D eigenvalue weighted by molar-refractivity contribution is -0.384. The van der Waals surface area contributed by atoms with Crippen molar-refractivity contribution in [3.8, 4) is 0 Å². The number of amides is 1. The number of nitrogens with one attached hydrogen (secondary N) is 1. The lowest BCUT2D eigenvalue weighted by Gasteiger charge is -2.07. The maximum absolute atomic E-state index is 12.9. The van der Waals surface area contributed by atoms with Gasteiger partial charge in [0.05, 0.1) is 10.7 Å². The lowest BCUT2D eigenvalue weighted by Crippen LogP contribution is -2.12. The normalized spacial score (nSPS) is 10.4. The standard InChI is InChI=1S/C21H15FN2O4S/c22-16-6-4-14(5-7-16)20(25)13-29-19-10-8-17(9-11-19)23-21(26)15-2-1-3-18(12-15)24(27)28/h1-12H,13H2,(H,23,26). The van der Waals surface area contributed by atoms with Gasteiger partial charge in [-0.2, -0.15) is 0 Å². The first-order valence-corrected chi connectivity index (χ1v) is 9.48. The number of hydrogen-bond acceptors (Lipinski definition) is 5. The number of thioether (sulfide) groups is 1. The van der Waals surface area contributed by atoms with Crippen LogP contribution in [-0.4, -0.2) is 22.4 Å². The van der Waals surface area contributed by atoms with Crippen LogP contribution in [0.2, 0.25) is 0 Å². The molecule has 3 rings (SSSR count). The predicted octanol–water partition coefficient (Wildman–Crippen LogP) is 4.96. The van der Waals surface area contributed by atoms with Gasteiger partial charge in [-0.1, -0.05) is 6.07 Å². The molecule has 0 bridgehead atoms. The van der Waals surface area contributed by atoms with Gasteiger partial charge in [-0.3, -0.25) is 19.7 Å². The Hall–Kier alpha value is -3.52. The summed E-state index contributed by atoms with van der Waals surface area (Å²) < 4.78 is 12.9. The van der Waals surface area contributed by atoms with E-state index < -0.39 is 16.6 Å². The van der Waals surface area contributed by atoms with E-state index in [1.807, 2.05) is 0 Å². The van der Waals surface area contributed by atoms with E-state index in [2.05, 4.69) is 5.32 Å². The van der Waals surface area contributed by atoms with Crippen molar-refractivity contribution in [1.29, 1.82) is 0 Å². The van der Waals surface area contributed by atoms with Crippen molar-refractivity contribution in [1.82, 2.24) is 0 Å². The minimum absolute atomic E-state index is 0.113. The quantitative estimate of drug-likeness (QED) is 0.257. The number of anilines is 1. The molecule has 8 heteroatoms. The van der Waals surface area contributed by atoms with Crippen molar-refractivity contribution >= 4 is 34.8 Å². The number of benzene rings is 3. The molecule has 3 aromatic rings. The fourth-order valence-corrected chi connectivity index (χ4v) is 3.26. The Kier molecular flexibility index (Phi) is 6.36. The highest BCUT2D eigenvalue weighted by Crippen LogP contribution is 2.22. The molecule has 0 atom stereocenters. The van der Waals surface area contributed by atoms with Gasteiger partial charge >= 0.3 is 0 Å². The van der Waals surface area contributed by atoms with E-state index in [-0.39, 0.29) is 22.8 Å². The topological polar surface area (TPSA) is 89.3 Å². The van der Waals surface area contributed by atoms with Crippen molar-refractivity contribution < 1.29 is 18.9 Å². The predicted molar refractivity (Wildman–Crippen MR) is 109 cm³/mol. The number of carbonyl (C=O) groups is 2. The van der Waals surface area contributed by atoms with Crippen molar-refractivity contribution in [2.45, 2.75) is 4.90 Å². The summed E-state index contributed by atoms with van der Waals surface area (Å²) in [6.45, 7) is 0. The van der Waals surface area contributed by atoms with Crippen LogP contribution in [0.1, 0.15) is 20.7 Å². The van der Waals surface area contributed by atoms with Gasteiger partial charge in [-0.25, -0.2) is 4.39 Å². The average molecular weight is 410 g/mol. The third-order valence-corrected chi connectivity index (χ3v) is 4.98. The van der Waals surface area contributed by atoms with Crippen molar-refractivity contribution in [3.05, 3.63) is 99.9 Å². The number of nitro benzene ring substituents is 1. The molecule has 146 valence electrons. The fourth-order valence-electron chi connectivity index (χ4n) is 2.47. The van der Waals surface area contributed by atoms with Crippen LogP contribution in [0.25, 0.3) is 0 Å². The van der Waals surface area contributed by atoms with E-state index in [1.165, 1.54) is 60.3 Å². The molecule has 0 unspecified atom stereocenters. The molecule has 0 aromatic heterocycles. The third kappa shape index (κ3) is 5.49. The average Bonchev–Trinajstić information content (AvgIpc) is 2.73. The number of carbonyl (C=O) groups excluding carboxylic acids is 2. The highest BCUT2D eigenvalue weighted by Gasteiger charge is 2.12. The van der Waals surface area contributed by atoms with Gasteiger partial charge in [-0.15, -0.1) is 11.8 Å². The SMILES string of the molecule is O=C(CSc1ccc(NC(=O)c2cccc([N+](=O)[O-])c2)cc1)c1ccc(F)cc1. The first-order valence-electron chi connectivity index (χ1n) is 8.50. The van der Waals surface area contributed by atoms with E-state index in [0.717, 1.165) is 4.90 Å². The zero-order chi connectivity index (χ0) is 20.8. The zero-order valence-electron chi connectivity index (χ0n) is 15.0. The smallest absolute Gasteiger partial charge is 0.270 e. The van der Waals surface area contributed by atoms with E-state index >= 15 is 0 Å². The maximum atomic E-state index is 12.9. The molecule has 0 aliphatic carbocycles. The van der Waals surface area contributed by atoms with Gasteiger partial charge in [0, 0.05) is 33.8 Å². The van der Waals surface area contributed by atoms with Gasteiger partial charge in [0.15, 0.2) is 5.78 Å². The number of nitro groups is 1. The minimum Gasteiger partial charge on any atom is -0.322 e. The second-order valence-electron chi connectivity index (χ2n) is 6.00. The van der Waals surface area contributed by atoms with Crippen molar-refractivity contribution in [2.75, 3.05) is 11.1 Å². The molecule has 0 aliphatic rings. The summed E-state index contributed by atoms with van der Waals surface area (Å²) in [5, 5.41) is 13.5. The molecule has 1 N–H and O–H groups in total. The van der Waals surface area contributed by atoms with Crippen LogP contribution in [-0.2, 0) is 0 Å². The van der Waals surface area contributed by atoms with Crippen LogP contribution in [0.15, 0.2) is 77.7 Å². The van der Waals surface area contributed by atoms with Gasteiger partial charge in [-0.05, 0) is 54.6 Å². The molecule has 0 radical (unpaired) electrons. The molecule has 0 aliphatic heterocycles. The summed E-state index contributed by atoms with van der Waals surface area (Å²) in [6.07, 6.45) is 0. The van der Waals surface area contributed by atoms with Crippen molar-refractivity contribution in [2.24, 2.45) is 0 Å². The molecule has 0 saturated heterocycles. The minimum atomic E-state index is -0.559. The fraction of sp³-hybridized carbons (Fsp3) is 0.0476. The lowest BCUT2D eigenvalue weighted by atomic mass is 10.1. The Morgan fingerprint density at radius 2 is 1.66 bits per heavy atom. The highest BCUT2D eigenvalue weighted by molar-refractivity contribution is 8.00. The number of halogens is 1. The van der Waals surface area contributed by atoms with Crippen LogP contribution < -0.4 is 5.32 Å². The Bertz CT molecular complexity index is 1050. The van der Waals surface area contributed by atoms with Crippen LogP contribution in [0, 0.1) is 15.9 Å². The molecule has 0 spiro atoms. The molecule has 0 heterocycles. The molecule has 6 nitrogen and oxygen atoms in total. The molecule has 1 amide bonds. The molecule has 0 saturated carbocycles. The van der Waals surface area contributed by atoms with E-state index in [9.17, 15) is 24.1 Å². The number of rotatable bonds is 7. The maximum Gasteiger partial charge on any atom is 0.270 e. The second-order valence-corrected chi connectivity index (χ2v) is 7.05. The van der Waals surface area contributed by atoms with Crippen LogP contribution in [0.4, 0.5) is 15.8 Å². The summed E-state index contributed by atoms with van der Waals surface area (Å²) >= 11 is 1.33. The first kappa shape index (κ1) is 20.2. The largest absolute Gasteiger partial charge is 0.322 e. The summed E-state index contributed by atoms with van der Waals surface area (Å²) in [5.74, 6) is -0.763. The molecule has 0 fully saturated rings. The van der Waals surface area contributed by atoms with E-state index in [1.54, 1.807) is 24.3 Å². The Morgan fingerprint density at radius 3 is 2.31 bits per heavy atom. The van der Waals surface area contributed by atoms with Crippen LogP contribution in [0.3, 0.4) is 0 Å². The van der Waals surface area contributed by atoms with Crippen LogP contribution in [0.5, 0.6) is 0 Å². The second kappa shape index (κ2) is 9.11. The Labute approximate surface area is 169 Å². The summed E-state index contributed by atoms with van der Waals surface area (Å²) in [7, 11) is 0. The van der Waals surface area contributed by atoms with E-state index in [4.69, 9.17) is 0 Å². The molecule has 29 heavy (non-hydrogen) atoms. The molecule has 3 aromatic carbocycles. The Balaban J connectivity index is 1.58. The van der Waals surface area contributed by atoms with Crippen molar-refractivity contribution in [3.63, 3.8) is 0 Å². The molecular formula is C21H15FN2O4S.